The number of nitrogens with one attached hydrogen (secondary N) is 1. The summed E-state index contributed by atoms with van der Waals surface area (Å²) in [6, 6.07) is 5.25. The minimum absolute atomic E-state index is 0.00648. The van der Waals surface area contributed by atoms with Crippen LogP contribution in [0.3, 0.4) is 0 Å². The number of rotatable bonds is 6. The van der Waals surface area contributed by atoms with E-state index in [9.17, 15) is 21.6 Å². The molecule has 0 bridgehead atoms. The molecule has 1 aromatic carbocycles. The first-order chi connectivity index (χ1) is 9.15. The zero-order chi connectivity index (χ0) is 15.4. The minimum Gasteiger partial charge on any atom is -0.268 e. The Morgan fingerprint density at radius 1 is 1.20 bits per heavy atom. The summed E-state index contributed by atoms with van der Waals surface area (Å²) in [5.41, 5.74) is -0.00648. The number of hydrogen-bond donors (Lipinski definition) is 1. The van der Waals surface area contributed by atoms with Crippen molar-refractivity contribution in [1.82, 2.24) is 4.72 Å². The molecule has 0 radical (unpaired) electrons. The fourth-order valence-corrected chi connectivity index (χ4v) is 3.29. The average molecular weight is 319 g/mol. The van der Waals surface area contributed by atoms with Crippen LogP contribution >= 0.6 is 0 Å². The quantitative estimate of drug-likeness (QED) is 0.842. The lowest BCUT2D eigenvalue weighted by Gasteiger charge is -2.07. The van der Waals surface area contributed by atoms with Gasteiger partial charge in [0.25, 0.3) is 5.91 Å². The Labute approximate surface area is 119 Å². The molecule has 1 rings (SSSR count). The summed E-state index contributed by atoms with van der Waals surface area (Å²) in [5.74, 6) is -0.965. The molecule has 0 atom stereocenters. The Bertz CT molecular complexity index is 692. The van der Waals surface area contributed by atoms with Crippen molar-refractivity contribution in [3.8, 4) is 0 Å². The molecule has 0 aromatic heterocycles. The van der Waals surface area contributed by atoms with Crippen molar-refractivity contribution in [2.24, 2.45) is 0 Å². The van der Waals surface area contributed by atoms with Crippen LogP contribution in [0, 0.1) is 0 Å². The number of hydrogen-bond acceptors (Lipinski definition) is 5. The fraction of sp³-hybridized carbons (Fsp3) is 0.417. The predicted octanol–water partition coefficient (Wildman–Crippen LogP) is 0.950. The Morgan fingerprint density at radius 2 is 1.85 bits per heavy atom. The molecule has 112 valence electrons. The van der Waals surface area contributed by atoms with E-state index in [1.54, 1.807) is 0 Å². The van der Waals surface area contributed by atoms with Crippen molar-refractivity contribution in [3.05, 3.63) is 29.8 Å². The molecule has 0 fully saturated rings. The van der Waals surface area contributed by atoms with E-state index in [0.717, 1.165) is 12.3 Å². The van der Waals surface area contributed by atoms with Crippen LogP contribution in [0.1, 0.15) is 30.1 Å². The molecule has 0 aliphatic carbocycles. The van der Waals surface area contributed by atoms with Gasteiger partial charge in [0.15, 0.2) is 9.84 Å². The van der Waals surface area contributed by atoms with E-state index in [2.05, 4.69) is 0 Å². The zero-order valence-electron chi connectivity index (χ0n) is 11.3. The average Bonchev–Trinajstić information content (AvgIpc) is 2.35. The summed E-state index contributed by atoms with van der Waals surface area (Å²) < 4.78 is 47.9. The van der Waals surface area contributed by atoms with Crippen LogP contribution in [-0.2, 0) is 19.9 Å². The van der Waals surface area contributed by atoms with Crippen molar-refractivity contribution >= 4 is 25.8 Å². The van der Waals surface area contributed by atoms with Gasteiger partial charge in [0.05, 0.1) is 10.6 Å². The smallest absolute Gasteiger partial charge is 0.264 e. The number of carbonyl (C=O) groups excluding carboxylic acids is 1. The van der Waals surface area contributed by atoms with Gasteiger partial charge >= 0.3 is 0 Å². The first-order valence-electron chi connectivity index (χ1n) is 6.00. The van der Waals surface area contributed by atoms with Gasteiger partial charge in [-0.05, 0) is 24.6 Å². The first-order valence-corrected chi connectivity index (χ1v) is 9.55. The third-order valence-corrected chi connectivity index (χ3v) is 4.97. The van der Waals surface area contributed by atoms with E-state index in [4.69, 9.17) is 0 Å². The molecule has 1 N–H and O–H groups in total. The maximum absolute atomic E-state index is 11.8. The second kappa shape index (κ2) is 6.36. The van der Waals surface area contributed by atoms with Crippen LogP contribution in [0.2, 0.25) is 0 Å². The standard InChI is InChI=1S/C12H17NO5S2/c1-3-4-8-20(17,18)13-12(14)10-6-5-7-11(9-10)19(2,15)16/h5-7,9H,3-4,8H2,1-2H3,(H,13,14). The molecule has 0 spiro atoms. The molecule has 8 heteroatoms. The van der Waals surface area contributed by atoms with Gasteiger partial charge in [0.1, 0.15) is 0 Å². The van der Waals surface area contributed by atoms with Gasteiger partial charge in [-0.2, -0.15) is 0 Å². The van der Waals surface area contributed by atoms with Crippen LogP contribution in [0.5, 0.6) is 0 Å². The van der Waals surface area contributed by atoms with Crippen molar-refractivity contribution in [2.45, 2.75) is 24.7 Å². The van der Waals surface area contributed by atoms with Crippen LogP contribution < -0.4 is 4.72 Å². The van der Waals surface area contributed by atoms with Crippen LogP contribution in [0.25, 0.3) is 0 Å². The van der Waals surface area contributed by atoms with Gasteiger partial charge in [0.2, 0.25) is 10.0 Å². The lowest BCUT2D eigenvalue weighted by Crippen LogP contribution is -2.32. The van der Waals surface area contributed by atoms with Gasteiger partial charge in [0, 0.05) is 11.8 Å². The van der Waals surface area contributed by atoms with Crippen LogP contribution in [0.4, 0.5) is 0 Å². The van der Waals surface area contributed by atoms with Gasteiger partial charge in [-0.3, -0.25) is 4.79 Å². The Kier molecular flexibility index (Phi) is 5.29. The van der Waals surface area contributed by atoms with Gasteiger partial charge in [-0.25, -0.2) is 21.6 Å². The highest BCUT2D eigenvalue weighted by molar-refractivity contribution is 7.90. The summed E-state index contributed by atoms with van der Waals surface area (Å²) in [5, 5.41) is 0. The zero-order valence-corrected chi connectivity index (χ0v) is 12.9. The van der Waals surface area contributed by atoms with E-state index < -0.39 is 25.8 Å². The number of sulfone groups is 1. The molecule has 1 amide bonds. The lowest BCUT2D eigenvalue weighted by molar-refractivity contribution is 0.0981. The molecule has 0 saturated heterocycles. The molecular formula is C12H17NO5S2. The van der Waals surface area contributed by atoms with E-state index in [-0.39, 0.29) is 16.2 Å². The number of unbranched alkanes of at least 4 members (excludes halogenated alkanes) is 1. The van der Waals surface area contributed by atoms with Crippen LogP contribution in [0.15, 0.2) is 29.2 Å². The van der Waals surface area contributed by atoms with Gasteiger partial charge in [-0.15, -0.1) is 0 Å². The van der Waals surface area contributed by atoms with E-state index >= 15 is 0 Å². The third kappa shape index (κ3) is 4.93. The van der Waals surface area contributed by atoms with Crippen molar-refractivity contribution in [3.63, 3.8) is 0 Å². The highest BCUT2D eigenvalue weighted by Gasteiger charge is 2.17. The molecule has 0 saturated carbocycles. The Balaban J connectivity index is 2.94. The lowest BCUT2D eigenvalue weighted by atomic mass is 10.2. The Hall–Kier alpha value is -1.41. The molecule has 20 heavy (non-hydrogen) atoms. The Morgan fingerprint density at radius 3 is 2.40 bits per heavy atom. The third-order valence-electron chi connectivity index (χ3n) is 2.54. The number of amides is 1. The second-order valence-corrected chi connectivity index (χ2v) is 8.26. The van der Waals surface area contributed by atoms with E-state index in [1.807, 2.05) is 11.6 Å². The summed E-state index contributed by atoms with van der Waals surface area (Å²) in [7, 11) is -7.13. The SMILES string of the molecule is CCCCS(=O)(=O)NC(=O)c1cccc(S(C)(=O)=O)c1. The fourth-order valence-electron chi connectivity index (χ4n) is 1.45. The van der Waals surface area contributed by atoms with Crippen molar-refractivity contribution in [2.75, 3.05) is 12.0 Å². The minimum atomic E-state index is -3.69. The van der Waals surface area contributed by atoms with E-state index in [0.29, 0.717) is 12.8 Å². The maximum atomic E-state index is 11.8. The summed E-state index contributed by atoms with van der Waals surface area (Å²) in [6.45, 7) is 1.84. The molecule has 1 aromatic rings. The van der Waals surface area contributed by atoms with Crippen molar-refractivity contribution < 1.29 is 21.6 Å². The largest absolute Gasteiger partial charge is 0.268 e. The summed E-state index contributed by atoms with van der Waals surface area (Å²) >= 11 is 0. The number of benzene rings is 1. The maximum Gasteiger partial charge on any atom is 0.264 e. The molecule has 0 heterocycles. The molecule has 6 nitrogen and oxygen atoms in total. The molecule has 0 unspecified atom stereocenters. The normalized spacial score (nSPS) is 12.1. The second-order valence-electron chi connectivity index (χ2n) is 4.40. The van der Waals surface area contributed by atoms with Gasteiger partial charge < -0.3 is 0 Å². The molecule has 0 aliphatic rings. The number of carbonyl (C=O) groups is 1. The summed E-state index contributed by atoms with van der Waals surface area (Å²) in [6.07, 6.45) is 2.16. The van der Waals surface area contributed by atoms with Gasteiger partial charge in [-0.1, -0.05) is 19.4 Å². The predicted molar refractivity (Wildman–Crippen MR) is 75.7 cm³/mol. The van der Waals surface area contributed by atoms with E-state index in [1.165, 1.54) is 18.2 Å². The topological polar surface area (TPSA) is 97.4 Å². The number of sulfonamides is 1. The molecular weight excluding hydrogens is 302 g/mol. The van der Waals surface area contributed by atoms with Crippen molar-refractivity contribution in [1.29, 1.82) is 0 Å². The highest BCUT2D eigenvalue weighted by atomic mass is 32.2. The molecule has 0 aliphatic heterocycles. The first kappa shape index (κ1) is 16.6. The monoisotopic (exact) mass is 319 g/mol. The highest BCUT2D eigenvalue weighted by Crippen LogP contribution is 2.11. The summed E-state index contributed by atoms with van der Waals surface area (Å²) in [4.78, 5) is 11.8. The van der Waals surface area contributed by atoms with Crippen LogP contribution in [-0.4, -0.2) is 34.8 Å².